The fraction of sp³-hybridized carbons (Fsp3) is 0.217. The first-order valence-electron chi connectivity index (χ1n) is 9.91. The van der Waals surface area contributed by atoms with E-state index < -0.39 is 27.9 Å². The molecule has 0 aliphatic rings. The summed E-state index contributed by atoms with van der Waals surface area (Å²) in [5, 5.41) is 13.9. The van der Waals surface area contributed by atoms with E-state index in [0.717, 1.165) is 10.8 Å². The maximum atomic E-state index is 12.4. The average Bonchev–Trinajstić information content (AvgIpc) is 2.76. The van der Waals surface area contributed by atoms with E-state index in [4.69, 9.17) is 4.74 Å². The lowest BCUT2D eigenvalue weighted by Gasteiger charge is -2.15. The summed E-state index contributed by atoms with van der Waals surface area (Å²) in [6, 6.07) is 18.0. The third-order valence-corrected chi connectivity index (χ3v) is 6.16. The molecule has 0 bridgehead atoms. The van der Waals surface area contributed by atoms with Crippen LogP contribution in [0.4, 0.5) is 5.69 Å². The number of amides is 1. The van der Waals surface area contributed by atoms with Gasteiger partial charge in [-0.1, -0.05) is 54.6 Å². The molecule has 3 N–H and O–H groups in total. The van der Waals surface area contributed by atoms with Crippen LogP contribution in [0, 0.1) is 0 Å². The predicted molar refractivity (Wildman–Crippen MR) is 122 cm³/mol. The van der Waals surface area contributed by atoms with E-state index >= 15 is 0 Å². The minimum absolute atomic E-state index is 0.181. The fourth-order valence-electron chi connectivity index (χ4n) is 3.30. The summed E-state index contributed by atoms with van der Waals surface area (Å²) in [5.41, 5.74) is 1.04. The minimum atomic E-state index is -3.90. The molecule has 0 saturated carbocycles. The molecule has 0 aliphatic heterocycles. The minimum Gasteiger partial charge on any atom is -0.496 e. The van der Waals surface area contributed by atoms with Crippen molar-refractivity contribution in [2.24, 2.45) is 0 Å². The molecule has 0 radical (unpaired) electrons. The molecule has 3 aromatic rings. The number of fused-ring (bicyclic) bond motifs is 1. The van der Waals surface area contributed by atoms with Crippen LogP contribution in [0.1, 0.15) is 18.4 Å². The number of carboxylic acid groups (broad SMARTS) is 1. The summed E-state index contributed by atoms with van der Waals surface area (Å²) in [5.74, 6) is -1.53. The van der Waals surface area contributed by atoms with Gasteiger partial charge >= 0.3 is 5.97 Å². The molecule has 0 saturated heterocycles. The Morgan fingerprint density at radius 3 is 2.41 bits per heavy atom. The van der Waals surface area contributed by atoms with Gasteiger partial charge in [0.05, 0.1) is 12.9 Å². The maximum absolute atomic E-state index is 12.4. The van der Waals surface area contributed by atoms with Gasteiger partial charge in [0, 0.05) is 23.6 Å². The second kappa shape index (κ2) is 10.3. The van der Waals surface area contributed by atoms with Gasteiger partial charge in [-0.05, 0) is 23.4 Å². The normalized spacial score (nSPS) is 12.3. The Morgan fingerprint density at radius 2 is 1.72 bits per heavy atom. The van der Waals surface area contributed by atoms with Gasteiger partial charge in [0.1, 0.15) is 11.8 Å². The molecule has 0 fully saturated rings. The Balaban J connectivity index is 1.63. The largest absolute Gasteiger partial charge is 0.496 e. The first kappa shape index (κ1) is 23.2. The first-order chi connectivity index (χ1) is 15.3. The van der Waals surface area contributed by atoms with Crippen LogP contribution in [0.5, 0.6) is 5.75 Å². The van der Waals surface area contributed by atoms with Crippen molar-refractivity contribution in [1.29, 1.82) is 0 Å². The highest BCUT2D eigenvalue weighted by atomic mass is 32.2. The molecule has 0 heterocycles. The second-order valence-electron chi connectivity index (χ2n) is 7.24. The van der Waals surface area contributed by atoms with E-state index in [0.29, 0.717) is 17.0 Å². The SMILES string of the molecule is COc1cc(NC(=O)CCC(NS(=O)(=O)Cc2ccccc2)C(=O)O)cc2ccccc12. The van der Waals surface area contributed by atoms with Crippen molar-refractivity contribution in [2.75, 3.05) is 12.4 Å². The third kappa shape index (κ3) is 6.29. The number of rotatable bonds is 10. The van der Waals surface area contributed by atoms with Crippen molar-refractivity contribution < 1.29 is 27.9 Å². The Labute approximate surface area is 186 Å². The van der Waals surface area contributed by atoms with Crippen LogP contribution in [0.3, 0.4) is 0 Å². The monoisotopic (exact) mass is 456 g/mol. The van der Waals surface area contributed by atoms with E-state index in [1.54, 1.807) is 42.5 Å². The highest BCUT2D eigenvalue weighted by Gasteiger charge is 2.25. The average molecular weight is 457 g/mol. The van der Waals surface area contributed by atoms with Gasteiger partial charge in [0.25, 0.3) is 0 Å². The lowest BCUT2D eigenvalue weighted by atomic mass is 10.1. The van der Waals surface area contributed by atoms with Crippen LogP contribution in [0.25, 0.3) is 10.8 Å². The van der Waals surface area contributed by atoms with Gasteiger partial charge in [0.15, 0.2) is 0 Å². The van der Waals surface area contributed by atoms with Crippen molar-refractivity contribution in [3.8, 4) is 5.75 Å². The molecule has 0 spiro atoms. The van der Waals surface area contributed by atoms with Crippen LogP contribution in [-0.2, 0) is 25.4 Å². The zero-order chi connectivity index (χ0) is 23.1. The number of carboxylic acids is 1. The van der Waals surface area contributed by atoms with E-state index in [2.05, 4.69) is 10.0 Å². The zero-order valence-electron chi connectivity index (χ0n) is 17.4. The van der Waals surface area contributed by atoms with Gasteiger partial charge in [0.2, 0.25) is 15.9 Å². The molecule has 1 unspecified atom stereocenters. The van der Waals surface area contributed by atoms with Crippen molar-refractivity contribution >= 4 is 38.4 Å². The number of benzene rings is 3. The van der Waals surface area contributed by atoms with Crippen molar-refractivity contribution in [3.05, 3.63) is 72.3 Å². The van der Waals surface area contributed by atoms with Crippen molar-refractivity contribution in [1.82, 2.24) is 4.72 Å². The number of ether oxygens (including phenoxy) is 1. The molecular formula is C23H24N2O6S. The van der Waals surface area contributed by atoms with E-state index in [9.17, 15) is 23.1 Å². The highest BCUT2D eigenvalue weighted by Crippen LogP contribution is 2.29. The predicted octanol–water partition coefficient (Wildman–Crippen LogP) is 3.14. The Hall–Kier alpha value is -3.43. The molecule has 8 nitrogen and oxygen atoms in total. The molecule has 1 amide bonds. The summed E-state index contributed by atoms with van der Waals surface area (Å²) >= 11 is 0. The van der Waals surface area contributed by atoms with Crippen LogP contribution in [0.2, 0.25) is 0 Å². The Morgan fingerprint density at radius 1 is 1.03 bits per heavy atom. The molecule has 9 heteroatoms. The number of hydrogen-bond donors (Lipinski definition) is 3. The summed E-state index contributed by atoms with van der Waals surface area (Å²) in [6.07, 6.45) is -0.375. The smallest absolute Gasteiger partial charge is 0.321 e. The van der Waals surface area contributed by atoms with E-state index in [-0.39, 0.29) is 18.6 Å². The van der Waals surface area contributed by atoms with Gasteiger partial charge in [-0.2, -0.15) is 0 Å². The topological polar surface area (TPSA) is 122 Å². The second-order valence-corrected chi connectivity index (χ2v) is 8.99. The molecule has 0 aliphatic carbocycles. The number of nitrogens with one attached hydrogen (secondary N) is 2. The van der Waals surface area contributed by atoms with Crippen LogP contribution in [0.15, 0.2) is 66.7 Å². The first-order valence-corrected chi connectivity index (χ1v) is 11.6. The van der Waals surface area contributed by atoms with Crippen LogP contribution >= 0.6 is 0 Å². The van der Waals surface area contributed by atoms with Crippen molar-refractivity contribution in [3.63, 3.8) is 0 Å². The lowest BCUT2D eigenvalue weighted by molar-refractivity contribution is -0.139. The number of anilines is 1. The zero-order valence-corrected chi connectivity index (χ0v) is 18.3. The molecule has 1 atom stereocenters. The lowest BCUT2D eigenvalue weighted by Crippen LogP contribution is -2.41. The van der Waals surface area contributed by atoms with E-state index in [1.807, 2.05) is 24.3 Å². The number of sulfonamides is 1. The highest BCUT2D eigenvalue weighted by molar-refractivity contribution is 7.88. The standard InChI is InChI=1S/C23H24N2O6S/c1-31-21-14-18(13-17-9-5-6-10-19(17)21)24-22(26)12-11-20(23(27)28)25-32(29,30)15-16-7-3-2-4-8-16/h2-10,13-14,20,25H,11-12,15H2,1H3,(H,24,26)(H,27,28). The molecule has 32 heavy (non-hydrogen) atoms. The molecule has 168 valence electrons. The molecule has 0 aromatic heterocycles. The molecule has 3 rings (SSSR count). The third-order valence-electron chi connectivity index (χ3n) is 4.81. The van der Waals surface area contributed by atoms with Gasteiger partial charge in [-0.15, -0.1) is 0 Å². The van der Waals surface area contributed by atoms with Gasteiger partial charge in [-0.3, -0.25) is 9.59 Å². The summed E-state index contributed by atoms with van der Waals surface area (Å²) < 4.78 is 32.3. The Kier molecular flexibility index (Phi) is 7.45. The van der Waals surface area contributed by atoms with Crippen LogP contribution in [-0.4, -0.2) is 38.6 Å². The quantitative estimate of drug-likeness (QED) is 0.431. The maximum Gasteiger partial charge on any atom is 0.321 e. The molecular weight excluding hydrogens is 432 g/mol. The number of hydrogen-bond acceptors (Lipinski definition) is 5. The van der Waals surface area contributed by atoms with Gasteiger partial charge in [-0.25, -0.2) is 13.1 Å². The Bertz CT molecular complexity index is 1210. The number of methoxy groups -OCH3 is 1. The van der Waals surface area contributed by atoms with Crippen molar-refractivity contribution in [2.45, 2.75) is 24.6 Å². The van der Waals surface area contributed by atoms with E-state index in [1.165, 1.54) is 7.11 Å². The summed E-state index contributed by atoms with van der Waals surface area (Å²) in [4.78, 5) is 24.0. The summed E-state index contributed by atoms with van der Waals surface area (Å²) in [7, 11) is -2.36. The molecule has 3 aromatic carbocycles. The van der Waals surface area contributed by atoms with Crippen LogP contribution < -0.4 is 14.8 Å². The number of carbonyl (C=O) groups is 2. The fourth-order valence-corrected chi connectivity index (χ4v) is 4.67. The summed E-state index contributed by atoms with van der Waals surface area (Å²) in [6.45, 7) is 0. The van der Waals surface area contributed by atoms with Gasteiger partial charge < -0.3 is 15.2 Å². The number of carbonyl (C=O) groups excluding carboxylic acids is 1. The number of aliphatic carboxylic acids is 1.